The van der Waals surface area contributed by atoms with Gasteiger partial charge in [0.25, 0.3) is 0 Å². The third kappa shape index (κ3) is 7.89. The van der Waals surface area contributed by atoms with Gasteiger partial charge >= 0.3 is 15.4 Å². The third-order valence-electron chi connectivity index (χ3n) is 2.38. The number of phosphoric acid groups is 1. The highest BCUT2D eigenvalue weighted by molar-refractivity contribution is 7.55. The first kappa shape index (κ1) is 22.6. The number of rotatable bonds is 14. The molecule has 0 amide bonds. The molecule has 1 unspecified atom stereocenters. The van der Waals surface area contributed by atoms with Crippen molar-refractivity contribution in [2.45, 2.75) is 46.4 Å². The summed E-state index contributed by atoms with van der Waals surface area (Å²) >= 11 is 5.68. The van der Waals surface area contributed by atoms with Crippen molar-refractivity contribution in [3.63, 3.8) is 0 Å². The Hall–Kier alpha value is 0.550. The van der Waals surface area contributed by atoms with Crippen molar-refractivity contribution in [2.24, 2.45) is 0 Å². The molecule has 0 fully saturated rings. The van der Waals surface area contributed by atoms with Gasteiger partial charge in [0, 0.05) is 5.88 Å². The Bertz CT molecular complexity index is 360. The molecule has 134 valence electrons. The van der Waals surface area contributed by atoms with Crippen LogP contribution >= 0.6 is 27.0 Å². The summed E-state index contributed by atoms with van der Waals surface area (Å²) in [4.78, 5) is 0. The second-order valence-electron chi connectivity index (χ2n) is 4.05. The first-order valence-electron chi connectivity index (χ1n) is 7.43. The average molecular weight is 381 g/mol. The summed E-state index contributed by atoms with van der Waals surface area (Å²) in [6.07, 6.45) is 0.750. The van der Waals surface area contributed by atoms with Crippen molar-refractivity contribution in [1.29, 1.82) is 0 Å². The van der Waals surface area contributed by atoms with Gasteiger partial charge in [0.15, 0.2) is 5.85 Å². The average Bonchev–Trinajstić information content (AvgIpc) is 2.44. The Morgan fingerprint density at radius 2 is 1.32 bits per heavy atom. The van der Waals surface area contributed by atoms with E-state index in [9.17, 15) is 9.13 Å². The Labute approximate surface area is 138 Å². The van der Waals surface area contributed by atoms with E-state index in [4.69, 9.17) is 34.2 Å². The van der Waals surface area contributed by atoms with E-state index in [-0.39, 0.29) is 32.8 Å². The van der Waals surface area contributed by atoms with Crippen molar-refractivity contribution in [2.75, 3.05) is 32.3 Å². The monoisotopic (exact) mass is 380 g/mol. The van der Waals surface area contributed by atoms with Gasteiger partial charge in [-0.3, -0.25) is 18.1 Å². The number of halogens is 1. The summed E-state index contributed by atoms with van der Waals surface area (Å²) in [5, 5.41) is 0. The van der Waals surface area contributed by atoms with Gasteiger partial charge in [-0.2, -0.15) is 0 Å². The summed E-state index contributed by atoms with van der Waals surface area (Å²) < 4.78 is 51.5. The van der Waals surface area contributed by atoms with E-state index in [1.165, 1.54) is 0 Å². The smallest absolute Gasteiger partial charge is 0.307 e. The summed E-state index contributed by atoms with van der Waals surface area (Å²) in [6.45, 7) is 7.31. The zero-order valence-electron chi connectivity index (χ0n) is 13.7. The molecule has 7 nitrogen and oxygen atoms in total. The molecule has 0 bridgehead atoms. The Balaban J connectivity index is 5.30. The molecular weight excluding hydrogens is 354 g/mol. The normalized spacial score (nSPS) is 14.2. The summed E-state index contributed by atoms with van der Waals surface area (Å²) in [5.74, 6) is -0.721. The van der Waals surface area contributed by atoms with E-state index in [1.54, 1.807) is 27.7 Å². The van der Waals surface area contributed by atoms with Crippen molar-refractivity contribution in [3.8, 4) is 0 Å². The van der Waals surface area contributed by atoms with Crippen LogP contribution in [0.3, 0.4) is 0 Å². The molecule has 10 heteroatoms. The third-order valence-corrected chi connectivity index (χ3v) is 6.78. The van der Waals surface area contributed by atoms with Crippen LogP contribution in [0.5, 0.6) is 0 Å². The van der Waals surface area contributed by atoms with Gasteiger partial charge in [-0.05, 0) is 40.5 Å². The second kappa shape index (κ2) is 12.0. The van der Waals surface area contributed by atoms with E-state index in [1.807, 2.05) is 0 Å². The number of hydrogen-bond acceptors (Lipinski definition) is 7. The van der Waals surface area contributed by atoms with Crippen LogP contribution in [0.1, 0.15) is 40.5 Å². The lowest BCUT2D eigenvalue weighted by Crippen LogP contribution is -2.18. The fraction of sp³-hybridized carbons (Fsp3) is 1.00. The van der Waals surface area contributed by atoms with Crippen LogP contribution in [0.15, 0.2) is 0 Å². The van der Waals surface area contributed by atoms with Gasteiger partial charge in [-0.25, -0.2) is 4.57 Å². The molecule has 0 saturated heterocycles. The van der Waals surface area contributed by atoms with E-state index >= 15 is 0 Å². The fourth-order valence-corrected chi connectivity index (χ4v) is 5.47. The number of alkyl halides is 1. The van der Waals surface area contributed by atoms with E-state index in [2.05, 4.69) is 0 Å². The van der Waals surface area contributed by atoms with Crippen molar-refractivity contribution in [1.82, 2.24) is 0 Å². The molecule has 1 atom stereocenters. The standard InChI is InChI=1S/C12H27ClO7P2/c1-5-16-21(14,17-6-2)12(10-9-11-13)20-22(15,18-7-3)19-8-4/h12H,5-11H2,1-4H3. The van der Waals surface area contributed by atoms with Crippen molar-refractivity contribution < 1.29 is 31.7 Å². The fourth-order valence-electron chi connectivity index (χ4n) is 1.65. The largest absolute Gasteiger partial charge is 0.475 e. The molecule has 0 aromatic heterocycles. The minimum atomic E-state index is -3.83. The second-order valence-corrected chi connectivity index (χ2v) is 8.22. The molecule has 0 N–H and O–H groups in total. The van der Waals surface area contributed by atoms with Crippen LogP contribution in [-0.2, 0) is 31.7 Å². The van der Waals surface area contributed by atoms with E-state index in [0.717, 1.165) is 0 Å². The molecule has 0 rings (SSSR count). The van der Waals surface area contributed by atoms with Crippen LogP contribution in [0.2, 0.25) is 0 Å². The molecule has 0 aromatic carbocycles. The van der Waals surface area contributed by atoms with E-state index < -0.39 is 21.3 Å². The molecular formula is C12H27ClO7P2. The topological polar surface area (TPSA) is 80.3 Å². The summed E-state index contributed by atoms with van der Waals surface area (Å²) in [6, 6.07) is 0. The SMILES string of the molecule is CCOP(=O)(OCC)OC(CCCCl)P(=O)(OCC)OCC. The van der Waals surface area contributed by atoms with Crippen molar-refractivity contribution in [3.05, 3.63) is 0 Å². The Kier molecular flexibility index (Phi) is 12.3. The maximum atomic E-state index is 12.9. The lowest BCUT2D eigenvalue weighted by molar-refractivity contribution is 0.0861. The van der Waals surface area contributed by atoms with Crippen LogP contribution in [-0.4, -0.2) is 38.2 Å². The maximum absolute atomic E-state index is 12.9. The molecule has 0 aromatic rings. The first-order valence-corrected chi connectivity index (χ1v) is 11.0. The maximum Gasteiger partial charge on any atom is 0.475 e. The van der Waals surface area contributed by atoms with Crippen LogP contribution < -0.4 is 0 Å². The highest BCUT2D eigenvalue weighted by Crippen LogP contribution is 2.62. The molecule has 0 spiro atoms. The van der Waals surface area contributed by atoms with Crippen LogP contribution in [0, 0.1) is 0 Å². The minimum absolute atomic E-state index is 0.132. The zero-order chi connectivity index (χ0) is 17.1. The van der Waals surface area contributed by atoms with Crippen molar-refractivity contribution >= 4 is 27.0 Å². The number of phosphoric ester groups is 1. The van der Waals surface area contributed by atoms with E-state index in [0.29, 0.717) is 12.3 Å². The van der Waals surface area contributed by atoms with Gasteiger partial charge in [0.2, 0.25) is 0 Å². The van der Waals surface area contributed by atoms with Gasteiger partial charge in [0.05, 0.1) is 26.4 Å². The van der Waals surface area contributed by atoms with Gasteiger partial charge in [-0.15, -0.1) is 11.6 Å². The molecule has 0 radical (unpaired) electrons. The molecule has 0 aliphatic rings. The Morgan fingerprint density at radius 3 is 1.68 bits per heavy atom. The predicted octanol–water partition coefficient (Wildman–Crippen LogP) is 4.80. The van der Waals surface area contributed by atoms with Gasteiger partial charge in [0.1, 0.15) is 0 Å². The molecule has 0 heterocycles. The lowest BCUT2D eigenvalue weighted by atomic mass is 10.4. The highest BCUT2D eigenvalue weighted by Gasteiger charge is 2.42. The molecule has 22 heavy (non-hydrogen) atoms. The summed E-state index contributed by atoms with van der Waals surface area (Å²) in [7, 11) is -7.45. The molecule has 0 aliphatic carbocycles. The van der Waals surface area contributed by atoms with Gasteiger partial charge < -0.3 is 9.05 Å². The highest BCUT2D eigenvalue weighted by atomic mass is 35.5. The summed E-state index contributed by atoms with van der Waals surface area (Å²) in [5.41, 5.74) is 0. The van der Waals surface area contributed by atoms with Gasteiger partial charge in [-0.1, -0.05) is 0 Å². The predicted molar refractivity (Wildman–Crippen MR) is 86.5 cm³/mol. The molecule has 0 aliphatic heterocycles. The zero-order valence-corrected chi connectivity index (χ0v) is 16.2. The quantitative estimate of drug-likeness (QED) is 0.316. The number of hydrogen-bond donors (Lipinski definition) is 0. The lowest BCUT2D eigenvalue weighted by Gasteiger charge is -2.28. The minimum Gasteiger partial charge on any atom is -0.307 e. The van der Waals surface area contributed by atoms with Crippen LogP contribution in [0.25, 0.3) is 0 Å². The van der Waals surface area contributed by atoms with Crippen LogP contribution in [0.4, 0.5) is 0 Å². The Morgan fingerprint density at radius 1 is 0.864 bits per heavy atom. The molecule has 0 saturated carbocycles. The first-order chi connectivity index (χ1) is 10.4.